The zero-order valence-corrected chi connectivity index (χ0v) is 31.4. The van der Waals surface area contributed by atoms with Gasteiger partial charge < -0.3 is 9.32 Å². The number of hydrogen-bond acceptors (Lipinski definition) is 2. The van der Waals surface area contributed by atoms with Crippen LogP contribution in [0.4, 0.5) is 5.69 Å². The van der Waals surface area contributed by atoms with Crippen LogP contribution in [0.1, 0.15) is 37.3 Å². The Morgan fingerprint density at radius 1 is 0.655 bits per heavy atom. The highest BCUT2D eigenvalue weighted by Gasteiger charge is 2.22. The van der Waals surface area contributed by atoms with Crippen LogP contribution in [-0.4, -0.2) is 6.04 Å². The highest BCUT2D eigenvalue weighted by molar-refractivity contribution is 6.21. The lowest BCUT2D eigenvalue weighted by Gasteiger charge is -2.32. The first-order valence-corrected chi connectivity index (χ1v) is 19.7. The fourth-order valence-electron chi connectivity index (χ4n) is 8.48. The third kappa shape index (κ3) is 6.93. The quantitative estimate of drug-likeness (QED) is 0.131. The lowest BCUT2D eigenvalue weighted by molar-refractivity contribution is 0.664. The minimum atomic E-state index is 0.210. The van der Waals surface area contributed by atoms with Crippen LogP contribution in [0.3, 0.4) is 0 Å². The largest absolute Gasteiger partial charge is 0.456 e. The Kier molecular flexibility index (Phi) is 9.71. The second kappa shape index (κ2) is 15.5. The molecule has 1 aromatic heterocycles. The van der Waals surface area contributed by atoms with Gasteiger partial charge in [-0.15, -0.1) is 0 Å². The number of hydrogen-bond donors (Lipinski definition) is 0. The van der Waals surface area contributed by atoms with E-state index in [0.717, 1.165) is 43.3 Å². The van der Waals surface area contributed by atoms with E-state index in [4.69, 9.17) is 4.42 Å². The molecule has 55 heavy (non-hydrogen) atoms. The van der Waals surface area contributed by atoms with Crippen molar-refractivity contribution in [2.24, 2.45) is 0 Å². The predicted octanol–water partition coefficient (Wildman–Crippen LogP) is 14.3. The first-order chi connectivity index (χ1) is 27.2. The molecule has 0 aliphatic heterocycles. The fourth-order valence-corrected chi connectivity index (χ4v) is 8.48. The van der Waals surface area contributed by atoms with Gasteiger partial charge in [0.1, 0.15) is 11.2 Å². The van der Waals surface area contributed by atoms with Crippen LogP contribution in [0, 0.1) is 0 Å². The van der Waals surface area contributed by atoms with Crippen molar-refractivity contribution in [2.45, 2.75) is 45.1 Å². The van der Waals surface area contributed by atoms with Crippen LogP contribution in [0.5, 0.6) is 0 Å². The van der Waals surface area contributed by atoms with E-state index in [1.807, 2.05) is 0 Å². The van der Waals surface area contributed by atoms with E-state index in [1.54, 1.807) is 0 Å². The van der Waals surface area contributed by atoms with Crippen LogP contribution in [-0.2, 0) is 12.8 Å². The SMILES string of the molecule is CCc1c(C/C=C\C=C\N(c2ccc(-c3ccccc3)cc2)[C@@H]2C=CC=C(C3=CC=CCC3)C2)c2oc3ccc(-c4ccccc4)cc3c2c2ccccc12. The van der Waals surface area contributed by atoms with Crippen molar-refractivity contribution in [3.63, 3.8) is 0 Å². The molecular weight excluding hydrogens is 667 g/mol. The minimum absolute atomic E-state index is 0.210. The van der Waals surface area contributed by atoms with Crippen LogP contribution in [0.2, 0.25) is 0 Å². The molecule has 6 aromatic carbocycles. The van der Waals surface area contributed by atoms with Gasteiger partial charge in [0.15, 0.2) is 0 Å². The Labute approximate surface area is 324 Å². The molecule has 268 valence electrons. The average Bonchev–Trinajstić information content (AvgIpc) is 3.65. The summed E-state index contributed by atoms with van der Waals surface area (Å²) in [6.45, 7) is 2.26. The van der Waals surface area contributed by atoms with E-state index in [9.17, 15) is 0 Å². The van der Waals surface area contributed by atoms with Gasteiger partial charge in [-0.3, -0.25) is 0 Å². The van der Waals surface area contributed by atoms with Crippen LogP contribution in [0.15, 0.2) is 204 Å². The number of benzene rings is 6. The Hall–Kier alpha value is -6.38. The molecule has 9 rings (SSSR count). The predicted molar refractivity (Wildman–Crippen MR) is 234 cm³/mol. The van der Waals surface area contributed by atoms with Crippen LogP contribution < -0.4 is 4.90 Å². The fraction of sp³-hybridized carbons (Fsp3) is 0.132. The van der Waals surface area contributed by atoms with Crippen molar-refractivity contribution in [3.05, 3.63) is 211 Å². The number of rotatable bonds is 10. The molecule has 2 aliphatic carbocycles. The molecule has 0 unspecified atom stereocenters. The van der Waals surface area contributed by atoms with E-state index >= 15 is 0 Å². The maximum atomic E-state index is 6.78. The smallest absolute Gasteiger partial charge is 0.139 e. The van der Waals surface area contributed by atoms with Gasteiger partial charge in [0.2, 0.25) is 0 Å². The first-order valence-electron chi connectivity index (χ1n) is 19.7. The molecule has 0 saturated heterocycles. The number of anilines is 1. The molecule has 0 spiro atoms. The monoisotopic (exact) mass is 711 g/mol. The molecular formula is C53H45NO. The molecule has 1 heterocycles. The molecule has 0 bridgehead atoms. The summed E-state index contributed by atoms with van der Waals surface area (Å²) in [6.07, 6.45) is 27.5. The van der Waals surface area contributed by atoms with Crippen molar-refractivity contribution < 1.29 is 4.42 Å². The maximum absolute atomic E-state index is 6.78. The standard InChI is InChI=1S/C53H45NO/c1-2-46-47-26-14-15-27-48(47)52-50-37-43(40-22-11-5-12-23-40)31-34-51(50)55-53(52)49(46)28-13-6-16-35-54(44-32-29-41(30-33-44)38-18-7-3-8-19-38)45-25-17-24-42(36-45)39-20-9-4-10-21-39/h3-9,11-20,22-27,29-35,37,45H,2,10,21,28,36H2,1H3/b13-6-,35-16+/t45-/m1/s1. The second-order valence-corrected chi connectivity index (χ2v) is 14.5. The highest BCUT2D eigenvalue weighted by Crippen LogP contribution is 2.41. The topological polar surface area (TPSA) is 16.4 Å². The van der Waals surface area contributed by atoms with Gasteiger partial charge in [0, 0.05) is 28.2 Å². The van der Waals surface area contributed by atoms with Gasteiger partial charge >= 0.3 is 0 Å². The molecule has 2 nitrogen and oxygen atoms in total. The number of furan rings is 1. The van der Waals surface area contributed by atoms with Crippen LogP contribution >= 0.6 is 0 Å². The first kappa shape index (κ1) is 34.4. The van der Waals surface area contributed by atoms with Gasteiger partial charge in [0.05, 0.1) is 6.04 Å². The average molecular weight is 712 g/mol. The van der Waals surface area contributed by atoms with Gasteiger partial charge in [-0.25, -0.2) is 0 Å². The van der Waals surface area contributed by atoms with Gasteiger partial charge in [0.25, 0.3) is 0 Å². The summed E-state index contributed by atoms with van der Waals surface area (Å²) in [5, 5.41) is 4.95. The van der Waals surface area contributed by atoms with Crippen molar-refractivity contribution in [3.8, 4) is 22.3 Å². The number of allylic oxidation sites excluding steroid dienone is 9. The number of nitrogens with zero attached hydrogens (tertiary/aromatic N) is 1. The zero-order valence-electron chi connectivity index (χ0n) is 31.4. The zero-order chi connectivity index (χ0) is 37.0. The number of fused-ring (bicyclic) bond motifs is 5. The molecule has 0 fully saturated rings. The second-order valence-electron chi connectivity index (χ2n) is 14.5. The minimum Gasteiger partial charge on any atom is -0.456 e. The Morgan fingerprint density at radius 2 is 1.35 bits per heavy atom. The normalized spacial score (nSPS) is 15.8. The number of aryl methyl sites for hydroxylation is 1. The van der Waals surface area contributed by atoms with E-state index < -0.39 is 0 Å². The lowest BCUT2D eigenvalue weighted by Crippen LogP contribution is -2.30. The lowest BCUT2D eigenvalue weighted by atomic mass is 9.89. The molecule has 0 saturated carbocycles. The molecule has 1 atom stereocenters. The van der Waals surface area contributed by atoms with Crippen molar-refractivity contribution in [1.29, 1.82) is 0 Å². The molecule has 7 aromatic rings. The summed E-state index contributed by atoms with van der Waals surface area (Å²) in [6, 6.07) is 45.9. The Balaban J connectivity index is 1.05. The molecule has 0 N–H and O–H groups in total. The summed E-state index contributed by atoms with van der Waals surface area (Å²) in [5.41, 5.74) is 13.5. The summed E-state index contributed by atoms with van der Waals surface area (Å²) in [7, 11) is 0. The molecule has 2 aliphatic rings. The van der Waals surface area contributed by atoms with Crippen LogP contribution in [0.25, 0.3) is 55.0 Å². The summed E-state index contributed by atoms with van der Waals surface area (Å²) in [5.74, 6) is 0. The highest BCUT2D eigenvalue weighted by atomic mass is 16.3. The van der Waals surface area contributed by atoms with Crippen molar-refractivity contribution in [2.75, 3.05) is 4.90 Å². The van der Waals surface area contributed by atoms with Crippen molar-refractivity contribution in [1.82, 2.24) is 0 Å². The third-order valence-electron chi connectivity index (χ3n) is 11.2. The molecule has 2 heteroatoms. The Morgan fingerprint density at radius 3 is 2.09 bits per heavy atom. The molecule has 0 amide bonds. The summed E-state index contributed by atoms with van der Waals surface area (Å²) >= 11 is 0. The van der Waals surface area contributed by atoms with E-state index in [0.29, 0.717) is 0 Å². The van der Waals surface area contributed by atoms with Gasteiger partial charge in [-0.2, -0.15) is 0 Å². The summed E-state index contributed by atoms with van der Waals surface area (Å²) < 4.78 is 6.78. The molecule has 0 radical (unpaired) electrons. The third-order valence-corrected chi connectivity index (χ3v) is 11.2. The van der Waals surface area contributed by atoms with E-state index in [-0.39, 0.29) is 6.04 Å². The summed E-state index contributed by atoms with van der Waals surface area (Å²) in [4.78, 5) is 2.43. The maximum Gasteiger partial charge on any atom is 0.139 e. The van der Waals surface area contributed by atoms with Gasteiger partial charge in [-0.05, 0) is 112 Å². The van der Waals surface area contributed by atoms with Crippen molar-refractivity contribution >= 4 is 38.4 Å². The Bertz CT molecular complexity index is 2670. The van der Waals surface area contributed by atoms with E-state index in [2.05, 4.69) is 200 Å². The van der Waals surface area contributed by atoms with Gasteiger partial charge in [-0.1, -0.05) is 159 Å². The van der Waals surface area contributed by atoms with E-state index in [1.165, 1.54) is 71.8 Å².